The molecule has 0 aliphatic heterocycles. The maximum atomic E-state index is 2.31. The summed E-state index contributed by atoms with van der Waals surface area (Å²) in [4.78, 5) is 0. The highest BCUT2D eigenvalue weighted by atomic mass is 32.2. The summed E-state index contributed by atoms with van der Waals surface area (Å²) in [5.41, 5.74) is 5.69. The van der Waals surface area contributed by atoms with E-state index in [1.165, 1.54) is 43.8 Å². The van der Waals surface area contributed by atoms with Crippen molar-refractivity contribution in [3.05, 3.63) is 83.9 Å². The third-order valence-electron chi connectivity index (χ3n) is 4.96. The largest absolute Gasteiger partial charge is 0.161 e. The van der Waals surface area contributed by atoms with E-state index in [1.54, 1.807) is 0 Å². The van der Waals surface area contributed by atoms with Crippen molar-refractivity contribution >= 4 is 33.3 Å². The minimum absolute atomic E-state index is 1.03. The molecule has 0 nitrogen and oxygen atoms in total. The monoisotopic (exact) mass is 342 g/mol. The first-order chi connectivity index (χ1) is 12.3. The average Bonchev–Trinajstić information content (AvgIpc) is 2.67. The molecule has 0 aliphatic rings. The standard InChI is InChI=1S/C24H22S/c1-3-17-12-13-18-8-4-6-10-21(18)23(17)24-20(16-25-2)15-14-19-9-5-7-11-22(19)24/h4-15H,3,16H2,1-2H3. The van der Waals surface area contributed by atoms with Gasteiger partial charge in [0, 0.05) is 5.75 Å². The lowest BCUT2D eigenvalue weighted by Gasteiger charge is -2.18. The molecule has 124 valence electrons. The molecule has 0 aliphatic carbocycles. The fourth-order valence-corrected chi connectivity index (χ4v) is 4.35. The normalized spacial score (nSPS) is 11.3. The summed E-state index contributed by atoms with van der Waals surface area (Å²) in [5, 5.41) is 5.36. The first-order valence-electron chi connectivity index (χ1n) is 8.84. The van der Waals surface area contributed by atoms with Gasteiger partial charge in [-0.05, 0) is 56.5 Å². The topological polar surface area (TPSA) is 0 Å². The number of aryl methyl sites for hydroxylation is 1. The molecule has 0 N–H and O–H groups in total. The molecule has 0 amide bonds. The van der Waals surface area contributed by atoms with Gasteiger partial charge in [0.25, 0.3) is 0 Å². The smallest absolute Gasteiger partial charge is 0.0188 e. The molecule has 0 fully saturated rings. The van der Waals surface area contributed by atoms with Gasteiger partial charge in [-0.25, -0.2) is 0 Å². The van der Waals surface area contributed by atoms with Crippen LogP contribution in [-0.2, 0) is 12.2 Å². The number of rotatable bonds is 4. The molecule has 1 heteroatoms. The van der Waals surface area contributed by atoms with Crippen LogP contribution in [0.2, 0.25) is 0 Å². The molecule has 0 bridgehead atoms. The third kappa shape index (κ3) is 2.83. The minimum atomic E-state index is 1.03. The number of hydrogen-bond donors (Lipinski definition) is 0. The molecule has 4 aromatic carbocycles. The van der Waals surface area contributed by atoms with Gasteiger partial charge in [-0.1, -0.05) is 79.7 Å². The summed E-state index contributed by atoms with van der Waals surface area (Å²) in [6, 6.07) is 26.7. The number of benzene rings is 4. The van der Waals surface area contributed by atoms with Crippen LogP contribution < -0.4 is 0 Å². The maximum Gasteiger partial charge on any atom is 0.0188 e. The number of thioether (sulfide) groups is 1. The van der Waals surface area contributed by atoms with E-state index in [1.807, 2.05) is 11.8 Å². The Balaban J connectivity index is 2.17. The van der Waals surface area contributed by atoms with Crippen molar-refractivity contribution in [2.24, 2.45) is 0 Å². The zero-order valence-electron chi connectivity index (χ0n) is 14.8. The minimum Gasteiger partial charge on any atom is -0.161 e. The van der Waals surface area contributed by atoms with Gasteiger partial charge in [0.15, 0.2) is 0 Å². The molecule has 0 heterocycles. The van der Waals surface area contributed by atoms with E-state index < -0.39 is 0 Å². The van der Waals surface area contributed by atoms with Crippen molar-refractivity contribution < 1.29 is 0 Å². The molecular weight excluding hydrogens is 320 g/mol. The van der Waals surface area contributed by atoms with Crippen molar-refractivity contribution in [2.45, 2.75) is 19.1 Å². The summed E-state index contributed by atoms with van der Waals surface area (Å²) in [5.74, 6) is 1.03. The van der Waals surface area contributed by atoms with Gasteiger partial charge < -0.3 is 0 Å². The quantitative estimate of drug-likeness (QED) is 0.381. The Labute approximate surface area is 153 Å². The Morgan fingerprint density at radius 1 is 0.640 bits per heavy atom. The lowest BCUT2D eigenvalue weighted by atomic mass is 9.87. The van der Waals surface area contributed by atoms with Crippen LogP contribution in [0.1, 0.15) is 18.1 Å². The van der Waals surface area contributed by atoms with Crippen LogP contribution in [-0.4, -0.2) is 6.26 Å². The first-order valence-corrected chi connectivity index (χ1v) is 10.2. The molecule has 25 heavy (non-hydrogen) atoms. The van der Waals surface area contributed by atoms with E-state index >= 15 is 0 Å². The van der Waals surface area contributed by atoms with E-state index in [0.717, 1.165) is 12.2 Å². The van der Waals surface area contributed by atoms with Gasteiger partial charge in [0.05, 0.1) is 0 Å². The maximum absolute atomic E-state index is 2.31. The second-order valence-corrected chi connectivity index (χ2v) is 7.29. The van der Waals surface area contributed by atoms with Crippen LogP contribution in [0.5, 0.6) is 0 Å². The van der Waals surface area contributed by atoms with Gasteiger partial charge in [-0.15, -0.1) is 0 Å². The Bertz CT molecular complexity index is 1050. The molecule has 0 aromatic heterocycles. The predicted molar refractivity (Wildman–Crippen MR) is 113 cm³/mol. The first kappa shape index (κ1) is 16.2. The summed E-state index contributed by atoms with van der Waals surface area (Å²) in [6.07, 6.45) is 3.23. The second kappa shape index (κ2) is 6.93. The van der Waals surface area contributed by atoms with Gasteiger partial charge in [0.1, 0.15) is 0 Å². The van der Waals surface area contributed by atoms with Crippen molar-refractivity contribution in [3.63, 3.8) is 0 Å². The molecule has 4 rings (SSSR count). The van der Waals surface area contributed by atoms with E-state index in [-0.39, 0.29) is 0 Å². The fraction of sp³-hybridized carbons (Fsp3) is 0.167. The van der Waals surface area contributed by atoms with Crippen LogP contribution in [0.4, 0.5) is 0 Å². The van der Waals surface area contributed by atoms with Crippen molar-refractivity contribution in [1.82, 2.24) is 0 Å². The Morgan fingerprint density at radius 3 is 1.72 bits per heavy atom. The SMILES string of the molecule is CCc1ccc2ccccc2c1-c1c(CSC)ccc2ccccc12. The Kier molecular flexibility index (Phi) is 4.50. The number of fused-ring (bicyclic) bond motifs is 2. The highest BCUT2D eigenvalue weighted by Gasteiger charge is 2.15. The summed E-state index contributed by atoms with van der Waals surface area (Å²) < 4.78 is 0. The van der Waals surface area contributed by atoms with Crippen LogP contribution in [0.25, 0.3) is 32.7 Å². The molecule has 0 spiro atoms. The zero-order valence-corrected chi connectivity index (χ0v) is 15.6. The fourth-order valence-electron chi connectivity index (χ4n) is 3.79. The molecule has 0 saturated heterocycles. The summed E-state index contributed by atoms with van der Waals surface area (Å²) >= 11 is 1.89. The van der Waals surface area contributed by atoms with E-state index in [0.29, 0.717) is 0 Å². The van der Waals surface area contributed by atoms with E-state index in [9.17, 15) is 0 Å². The van der Waals surface area contributed by atoms with Gasteiger partial charge in [0.2, 0.25) is 0 Å². The predicted octanol–water partition coefficient (Wildman–Crippen LogP) is 7.09. The van der Waals surface area contributed by atoms with Crippen molar-refractivity contribution in [3.8, 4) is 11.1 Å². The molecule has 4 aromatic rings. The Hall–Kier alpha value is -2.25. The lowest BCUT2D eigenvalue weighted by molar-refractivity contribution is 1.15. The van der Waals surface area contributed by atoms with Crippen LogP contribution in [0.15, 0.2) is 72.8 Å². The zero-order chi connectivity index (χ0) is 17.2. The lowest BCUT2D eigenvalue weighted by Crippen LogP contribution is -1.96. The summed E-state index contributed by atoms with van der Waals surface area (Å²) in [7, 11) is 0. The van der Waals surface area contributed by atoms with Crippen LogP contribution in [0, 0.1) is 0 Å². The van der Waals surface area contributed by atoms with E-state index in [2.05, 4.69) is 86.0 Å². The summed E-state index contributed by atoms with van der Waals surface area (Å²) in [6.45, 7) is 2.26. The van der Waals surface area contributed by atoms with E-state index in [4.69, 9.17) is 0 Å². The molecule has 0 unspecified atom stereocenters. The number of hydrogen-bond acceptors (Lipinski definition) is 1. The van der Waals surface area contributed by atoms with Crippen molar-refractivity contribution in [2.75, 3.05) is 6.26 Å². The van der Waals surface area contributed by atoms with Crippen LogP contribution >= 0.6 is 11.8 Å². The molecular formula is C24H22S. The highest BCUT2D eigenvalue weighted by molar-refractivity contribution is 7.97. The van der Waals surface area contributed by atoms with Gasteiger partial charge >= 0.3 is 0 Å². The highest BCUT2D eigenvalue weighted by Crippen LogP contribution is 2.40. The Morgan fingerprint density at radius 2 is 1.16 bits per heavy atom. The van der Waals surface area contributed by atoms with Crippen molar-refractivity contribution in [1.29, 1.82) is 0 Å². The third-order valence-corrected chi connectivity index (χ3v) is 5.56. The van der Waals surface area contributed by atoms with Gasteiger partial charge in [-0.3, -0.25) is 0 Å². The molecule has 0 atom stereocenters. The second-order valence-electron chi connectivity index (χ2n) is 6.43. The molecule has 0 radical (unpaired) electrons. The van der Waals surface area contributed by atoms with Gasteiger partial charge in [-0.2, -0.15) is 11.8 Å². The average molecular weight is 343 g/mol. The van der Waals surface area contributed by atoms with Crippen LogP contribution in [0.3, 0.4) is 0 Å². The molecule has 0 saturated carbocycles.